The molecule has 0 aromatic heterocycles. The van der Waals surface area contributed by atoms with Crippen molar-refractivity contribution in [3.63, 3.8) is 0 Å². The van der Waals surface area contributed by atoms with Crippen LogP contribution in [-0.4, -0.2) is 29.3 Å². The largest absolute Gasteiger partial charge is 0.389 e. The lowest BCUT2D eigenvalue weighted by Crippen LogP contribution is -2.61. The Bertz CT molecular complexity index is 134. The Morgan fingerprint density at radius 1 is 1.36 bits per heavy atom. The van der Waals surface area contributed by atoms with Gasteiger partial charge in [0, 0.05) is 5.54 Å². The van der Waals surface area contributed by atoms with Gasteiger partial charge in [0.05, 0.1) is 5.60 Å². The highest BCUT2D eigenvalue weighted by molar-refractivity contribution is 5.00. The van der Waals surface area contributed by atoms with Gasteiger partial charge in [-0.15, -0.1) is 0 Å². The summed E-state index contributed by atoms with van der Waals surface area (Å²) in [6.07, 6.45) is 1.72. The lowest BCUT2D eigenvalue weighted by molar-refractivity contribution is -0.0169. The van der Waals surface area contributed by atoms with E-state index in [0.717, 1.165) is 25.9 Å². The monoisotopic (exact) mass is 158 g/mol. The lowest BCUT2D eigenvalue weighted by Gasteiger charge is -2.43. The summed E-state index contributed by atoms with van der Waals surface area (Å²) >= 11 is 0. The van der Waals surface area contributed by atoms with Crippen molar-refractivity contribution < 1.29 is 5.11 Å². The number of aliphatic hydroxyl groups is 1. The average Bonchev–Trinajstić information content (AvgIpc) is 1.87. The summed E-state index contributed by atoms with van der Waals surface area (Å²) in [5.74, 6) is 0. The maximum atomic E-state index is 9.75. The van der Waals surface area contributed by atoms with E-state index >= 15 is 0 Å². The first-order valence-corrected chi connectivity index (χ1v) is 4.18. The van der Waals surface area contributed by atoms with Crippen LogP contribution >= 0.6 is 0 Å². The Hall–Kier alpha value is -0.120. The van der Waals surface area contributed by atoms with Crippen molar-refractivity contribution in [3.8, 4) is 0 Å². The molecular weight excluding hydrogens is 140 g/mol. The van der Waals surface area contributed by atoms with Gasteiger partial charge in [0.25, 0.3) is 0 Å². The maximum Gasteiger partial charge on any atom is 0.0771 e. The van der Waals surface area contributed by atoms with E-state index in [-0.39, 0.29) is 0 Å². The molecule has 0 aliphatic carbocycles. The van der Waals surface area contributed by atoms with Gasteiger partial charge < -0.3 is 16.2 Å². The maximum absolute atomic E-state index is 9.75. The van der Waals surface area contributed by atoms with Gasteiger partial charge in [-0.05, 0) is 39.8 Å². The van der Waals surface area contributed by atoms with Gasteiger partial charge in [-0.3, -0.25) is 0 Å². The van der Waals surface area contributed by atoms with Crippen molar-refractivity contribution in [3.05, 3.63) is 0 Å². The molecule has 3 heteroatoms. The number of rotatable bonds is 1. The summed E-state index contributed by atoms with van der Waals surface area (Å²) in [4.78, 5) is 0. The normalized spacial score (nSPS) is 25.1. The molecular formula is C8H18N2O. The second kappa shape index (κ2) is 2.73. The van der Waals surface area contributed by atoms with Crippen LogP contribution in [0, 0.1) is 0 Å². The van der Waals surface area contributed by atoms with Gasteiger partial charge in [0.1, 0.15) is 0 Å². The molecule has 1 fully saturated rings. The van der Waals surface area contributed by atoms with Gasteiger partial charge >= 0.3 is 0 Å². The van der Waals surface area contributed by atoms with E-state index in [4.69, 9.17) is 5.73 Å². The minimum absolute atomic E-state index is 0.391. The predicted octanol–water partition coefficient (Wildman–Crippen LogP) is -0.162. The van der Waals surface area contributed by atoms with E-state index in [1.54, 1.807) is 13.8 Å². The molecule has 11 heavy (non-hydrogen) atoms. The first-order chi connectivity index (χ1) is 4.96. The van der Waals surface area contributed by atoms with Crippen molar-refractivity contribution in [2.24, 2.45) is 5.73 Å². The third-order valence-electron chi connectivity index (χ3n) is 2.71. The van der Waals surface area contributed by atoms with E-state index in [2.05, 4.69) is 5.32 Å². The third kappa shape index (κ3) is 1.72. The zero-order valence-electron chi connectivity index (χ0n) is 7.35. The summed E-state index contributed by atoms with van der Waals surface area (Å²) < 4.78 is 0. The van der Waals surface area contributed by atoms with Gasteiger partial charge in [-0.25, -0.2) is 0 Å². The standard InChI is InChI=1S/C8H18N2O/c1-7(2,11)8(9)3-5-10-6-4-8/h10-11H,3-6,9H2,1-2H3. The van der Waals surface area contributed by atoms with Crippen LogP contribution < -0.4 is 11.1 Å². The Labute approximate surface area is 68.0 Å². The molecule has 1 aliphatic heterocycles. The first-order valence-electron chi connectivity index (χ1n) is 4.18. The highest BCUT2D eigenvalue weighted by Crippen LogP contribution is 2.27. The highest BCUT2D eigenvalue weighted by atomic mass is 16.3. The van der Waals surface area contributed by atoms with Gasteiger partial charge in [-0.2, -0.15) is 0 Å². The summed E-state index contributed by atoms with van der Waals surface area (Å²) in [7, 11) is 0. The molecule has 0 amide bonds. The fourth-order valence-electron chi connectivity index (χ4n) is 1.48. The number of piperidine rings is 1. The Kier molecular flexibility index (Phi) is 2.23. The number of nitrogens with one attached hydrogen (secondary N) is 1. The molecule has 0 aromatic carbocycles. The van der Waals surface area contributed by atoms with Crippen LogP contribution in [0.1, 0.15) is 26.7 Å². The van der Waals surface area contributed by atoms with Crippen molar-refractivity contribution in [1.29, 1.82) is 0 Å². The molecule has 4 N–H and O–H groups in total. The van der Waals surface area contributed by atoms with Crippen LogP contribution in [0.5, 0.6) is 0 Å². The van der Waals surface area contributed by atoms with Crippen LogP contribution in [0.25, 0.3) is 0 Å². The Morgan fingerprint density at radius 3 is 2.09 bits per heavy atom. The van der Waals surface area contributed by atoms with Crippen LogP contribution in [0.3, 0.4) is 0 Å². The Balaban J connectivity index is 2.64. The van der Waals surface area contributed by atoms with E-state index < -0.39 is 11.1 Å². The molecule has 0 spiro atoms. The van der Waals surface area contributed by atoms with E-state index in [1.165, 1.54) is 0 Å². The van der Waals surface area contributed by atoms with E-state index in [1.807, 2.05) is 0 Å². The summed E-state index contributed by atoms with van der Waals surface area (Å²) in [6, 6.07) is 0. The molecule has 3 nitrogen and oxygen atoms in total. The molecule has 0 radical (unpaired) electrons. The Morgan fingerprint density at radius 2 is 1.82 bits per heavy atom. The highest BCUT2D eigenvalue weighted by Gasteiger charge is 2.40. The molecule has 0 aromatic rings. The molecule has 0 unspecified atom stereocenters. The topological polar surface area (TPSA) is 58.3 Å². The van der Waals surface area contributed by atoms with Gasteiger partial charge in [-0.1, -0.05) is 0 Å². The molecule has 1 heterocycles. The molecule has 1 saturated heterocycles. The van der Waals surface area contributed by atoms with E-state index in [0.29, 0.717) is 0 Å². The summed E-state index contributed by atoms with van der Waals surface area (Å²) in [5.41, 5.74) is 4.90. The molecule has 0 atom stereocenters. The average molecular weight is 158 g/mol. The van der Waals surface area contributed by atoms with Crippen LogP contribution in [0.4, 0.5) is 0 Å². The number of hydrogen-bond acceptors (Lipinski definition) is 3. The van der Waals surface area contributed by atoms with Crippen molar-refractivity contribution in [1.82, 2.24) is 5.32 Å². The second-order valence-corrected chi connectivity index (χ2v) is 3.97. The van der Waals surface area contributed by atoms with Gasteiger partial charge in [0.15, 0.2) is 0 Å². The smallest absolute Gasteiger partial charge is 0.0771 e. The lowest BCUT2D eigenvalue weighted by atomic mass is 9.76. The zero-order chi connectivity index (χ0) is 8.54. The number of nitrogens with two attached hydrogens (primary N) is 1. The predicted molar refractivity (Wildman–Crippen MR) is 45.3 cm³/mol. The third-order valence-corrected chi connectivity index (χ3v) is 2.71. The zero-order valence-corrected chi connectivity index (χ0v) is 7.35. The molecule has 1 aliphatic rings. The molecule has 0 saturated carbocycles. The molecule has 1 rings (SSSR count). The van der Waals surface area contributed by atoms with Crippen LogP contribution in [0.15, 0.2) is 0 Å². The van der Waals surface area contributed by atoms with Crippen LogP contribution in [0.2, 0.25) is 0 Å². The summed E-state index contributed by atoms with van der Waals surface area (Å²) in [6.45, 7) is 5.41. The minimum atomic E-state index is -0.755. The summed E-state index contributed by atoms with van der Waals surface area (Å²) in [5, 5.41) is 13.0. The van der Waals surface area contributed by atoms with Crippen molar-refractivity contribution >= 4 is 0 Å². The second-order valence-electron chi connectivity index (χ2n) is 3.97. The minimum Gasteiger partial charge on any atom is -0.389 e. The number of hydrogen-bond donors (Lipinski definition) is 3. The first kappa shape index (κ1) is 8.97. The molecule has 66 valence electrons. The fraction of sp³-hybridized carbons (Fsp3) is 1.00. The van der Waals surface area contributed by atoms with Crippen molar-refractivity contribution in [2.45, 2.75) is 37.8 Å². The van der Waals surface area contributed by atoms with E-state index in [9.17, 15) is 5.11 Å². The van der Waals surface area contributed by atoms with Crippen LogP contribution in [-0.2, 0) is 0 Å². The molecule has 0 bridgehead atoms. The van der Waals surface area contributed by atoms with Gasteiger partial charge in [0.2, 0.25) is 0 Å². The van der Waals surface area contributed by atoms with Crippen molar-refractivity contribution in [2.75, 3.05) is 13.1 Å². The fourth-order valence-corrected chi connectivity index (χ4v) is 1.48. The quantitative estimate of drug-likeness (QED) is 0.497. The SMILES string of the molecule is CC(C)(O)C1(N)CCNCC1.